The fourth-order valence-corrected chi connectivity index (χ4v) is 5.44. The van der Waals surface area contributed by atoms with Crippen LogP contribution in [-0.4, -0.2) is 63.8 Å². The van der Waals surface area contributed by atoms with Gasteiger partial charge in [0.25, 0.3) is 0 Å². The van der Waals surface area contributed by atoms with E-state index in [1.807, 2.05) is 12.1 Å². The van der Waals surface area contributed by atoms with Crippen molar-refractivity contribution in [2.45, 2.75) is 31.8 Å². The Morgan fingerprint density at radius 3 is 3.06 bits per heavy atom. The van der Waals surface area contributed by atoms with E-state index in [0.717, 1.165) is 51.9 Å². The van der Waals surface area contributed by atoms with Gasteiger partial charge in [0.1, 0.15) is 28.8 Å². The van der Waals surface area contributed by atoms with Crippen LogP contribution in [-0.2, 0) is 17.6 Å². The number of nitrogens with one attached hydrogen (secondary N) is 2. The summed E-state index contributed by atoms with van der Waals surface area (Å²) >= 11 is 7.46. The average molecular weight is 501 g/mol. The molecule has 0 fully saturated rings. The largest absolute Gasteiger partial charge is 0.491 e. The van der Waals surface area contributed by atoms with Gasteiger partial charge in [-0.05, 0) is 30.9 Å². The number of benzene rings is 1. The maximum atomic E-state index is 12.0. The highest BCUT2D eigenvalue weighted by Gasteiger charge is 2.28. The van der Waals surface area contributed by atoms with Crippen molar-refractivity contribution >= 4 is 61.7 Å². The Bertz CT molecular complexity index is 1340. The Morgan fingerprint density at radius 1 is 1.35 bits per heavy atom. The van der Waals surface area contributed by atoms with Crippen LogP contribution in [0.3, 0.4) is 0 Å². The molecule has 2 N–H and O–H groups in total. The molecular weight excluding hydrogens is 476 g/mol. The Hall–Kier alpha value is -3.11. The van der Waals surface area contributed by atoms with Gasteiger partial charge in [-0.15, -0.1) is 22.9 Å². The number of aromatic amines is 1. The first-order valence-electron chi connectivity index (χ1n) is 11.1. The maximum absolute atomic E-state index is 12.0. The van der Waals surface area contributed by atoms with Crippen LogP contribution in [0.5, 0.6) is 5.75 Å². The molecule has 5 rings (SSSR count). The summed E-state index contributed by atoms with van der Waals surface area (Å²) in [6.07, 6.45) is 5.89. The molecule has 4 aromatic rings. The zero-order valence-electron chi connectivity index (χ0n) is 18.9. The maximum Gasteiger partial charge on any atom is 0.409 e. The summed E-state index contributed by atoms with van der Waals surface area (Å²) in [4.78, 5) is 24.6. The van der Waals surface area contributed by atoms with E-state index in [1.165, 1.54) is 15.3 Å². The summed E-state index contributed by atoms with van der Waals surface area (Å²) in [5.74, 6) is 1.97. The van der Waals surface area contributed by atoms with Crippen molar-refractivity contribution in [3.63, 3.8) is 0 Å². The lowest BCUT2D eigenvalue weighted by Gasteiger charge is -2.24. The van der Waals surface area contributed by atoms with E-state index in [4.69, 9.17) is 21.1 Å². The number of fused-ring (bicyclic) bond motifs is 4. The van der Waals surface area contributed by atoms with Gasteiger partial charge in [-0.3, -0.25) is 5.10 Å². The number of carbonyl (C=O) groups is 1. The first-order valence-corrected chi connectivity index (χ1v) is 12.4. The second-order valence-corrected chi connectivity index (χ2v) is 9.83. The highest BCUT2D eigenvalue weighted by molar-refractivity contribution is 7.19. The van der Waals surface area contributed by atoms with E-state index in [-0.39, 0.29) is 12.2 Å². The number of anilines is 2. The van der Waals surface area contributed by atoms with Crippen LogP contribution in [0, 0.1) is 0 Å². The smallest absolute Gasteiger partial charge is 0.409 e. The van der Waals surface area contributed by atoms with E-state index in [9.17, 15) is 4.79 Å². The third-order valence-corrected chi connectivity index (χ3v) is 7.19. The van der Waals surface area contributed by atoms with Crippen LogP contribution in [0.4, 0.5) is 16.3 Å². The minimum atomic E-state index is -0.312. The number of rotatable bonds is 7. The van der Waals surface area contributed by atoms with Crippen LogP contribution in [0.25, 0.3) is 21.1 Å². The summed E-state index contributed by atoms with van der Waals surface area (Å²) in [7, 11) is 3.39. The van der Waals surface area contributed by atoms with E-state index >= 15 is 0 Å². The molecule has 1 aliphatic rings. The summed E-state index contributed by atoms with van der Waals surface area (Å²) in [5, 5.41) is 12.6. The molecule has 0 spiro atoms. The third-order valence-electron chi connectivity index (χ3n) is 5.76. The number of amides is 1. The van der Waals surface area contributed by atoms with E-state index in [1.54, 1.807) is 38.0 Å². The van der Waals surface area contributed by atoms with Gasteiger partial charge in [0.15, 0.2) is 0 Å². The number of halogens is 1. The van der Waals surface area contributed by atoms with E-state index in [2.05, 4.69) is 25.5 Å². The summed E-state index contributed by atoms with van der Waals surface area (Å²) < 4.78 is 11.7. The number of H-pyrrole nitrogens is 1. The lowest BCUT2D eigenvalue weighted by Crippen LogP contribution is -2.31. The topological polar surface area (TPSA) is 105 Å². The molecule has 0 saturated carbocycles. The molecule has 1 unspecified atom stereocenters. The van der Waals surface area contributed by atoms with Crippen molar-refractivity contribution in [3.8, 4) is 5.75 Å². The molecule has 0 bridgehead atoms. The first-order chi connectivity index (χ1) is 16.5. The zero-order valence-corrected chi connectivity index (χ0v) is 20.5. The Balaban J connectivity index is 1.47. The molecule has 9 nitrogen and oxygen atoms in total. The van der Waals surface area contributed by atoms with Crippen molar-refractivity contribution in [2.24, 2.45) is 0 Å². The average Bonchev–Trinajstić information content (AvgIpc) is 3.43. The quantitative estimate of drug-likeness (QED) is 0.275. The van der Waals surface area contributed by atoms with Gasteiger partial charge < -0.3 is 19.7 Å². The monoisotopic (exact) mass is 500 g/mol. The highest BCUT2D eigenvalue weighted by Crippen LogP contribution is 2.41. The molecule has 34 heavy (non-hydrogen) atoms. The molecule has 0 saturated heterocycles. The van der Waals surface area contributed by atoms with E-state index < -0.39 is 0 Å². The number of nitrogens with zero attached hydrogens (tertiary/aromatic N) is 4. The second-order valence-electron chi connectivity index (χ2n) is 8.37. The number of hydrogen-bond acceptors (Lipinski definition) is 8. The number of hydrogen-bond donors (Lipinski definition) is 2. The standard InChI is InChI=1S/C23H25ClN6O3S/c1-30(2)23(31)33-14-4-5-15-19(9-14)34-22-20(15)21(25-12-26-22)28-17-8-13-11-27-29-16(13)10-18(17)32-7-3-6-24/h8,10-12,14H,3-7,9H2,1-2H3,(H,27,29)(H,25,26,28). The Labute approximate surface area is 205 Å². The molecule has 11 heteroatoms. The molecule has 3 aromatic heterocycles. The van der Waals surface area contributed by atoms with Crippen LogP contribution in [0.15, 0.2) is 24.7 Å². The minimum absolute atomic E-state index is 0.134. The minimum Gasteiger partial charge on any atom is -0.491 e. The van der Waals surface area contributed by atoms with Crippen molar-refractivity contribution in [1.82, 2.24) is 25.1 Å². The summed E-state index contributed by atoms with van der Waals surface area (Å²) in [5.41, 5.74) is 2.91. The van der Waals surface area contributed by atoms with Crippen molar-refractivity contribution in [3.05, 3.63) is 35.1 Å². The number of carbonyl (C=O) groups excluding carboxylic acids is 1. The van der Waals surface area contributed by atoms with Crippen LogP contribution >= 0.6 is 22.9 Å². The number of aryl methyl sites for hydroxylation is 1. The van der Waals surface area contributed by atoms with Crippen molar-refractivity contribution < 1.29 is 14.3 Å². The molecule has 1 aromatic carbocycles. The predicted octanol–water partition coefficient (Wildman–Crippen LogP) is 4.87. The van der Waals surface area contributed by atoms with Gasteiger partial charge in [-0.25, -0.2) is 14.8 Å². The molecule has 3 heterocycles. The lowest BCUT2D eigenvalue weighted by atomic mass is 9.94. The number of alkyl halides is 1. The van der Waals surface area contributed by atoms with Gasteiger partial charge in [0.2, 0.25) is 0 Å². The molecule has 1 atom stereocenters. The number of aromatic nitrogens is 4. The van der Waals surface area contributed by atoms with Crippen LogP contribution in [0.1, 0.15) is 23.3 Å². The van der Waals surface area contributed by atoms with Gasteiger partial charge in [-0.1, -0.05) is 0 Å². The molecular formula is C23H25ClN6O3S. The Morgan fingerprint density at radius 2 is 2.24 bits per heavy atom. The molecule has 1 amide bonds. The van der Waals surface area contributed by atoms with Crippen molar-refractivity contribution in [1.29, 1.82) is 0 Å². The third kappa shape index (κ3) is 4.47. The predicted molar refractivity (Wildman–Crippen MR) is 134 cm³/mol. The first kappa shape index (κ1) is 22.7. The molecule has 0 aliphatic heterocycles. The molecule has 178 valence electrons. The van der Waals surface area contributed by atoms with Gasteiger partial charge >= 0.3 is 6.09 Å². The fourth-order valence-electron chi connectivity index (χ4n) is 4.08. The Kier molecular flexibility index (Phi) is 6.42. The van der Waals surface area contributed by atoms with Crippen molar-refractivity contribution in [2.75, 3.05) is 31.9 Å². The molecule has 1 aliphatic carbocycles. The summed E-state index contributed by atoms with van der Waals surface area (Å²) in [6, 6.07) is 3.93. The van der Waals surface area contributed by atoms with Gasteiger partial charge in [-0.2, -0.15) is 5.10 Å². The van der Waals surface area contributed by atoms with Gasteiger partial charge in [0.05, 0.1) is 29.4 Å². The SMILES string of the molecule is CN(C)C(=O)OC1CCc2c(sc3ncnc(Nc4cc5cn[nH]c5cc4OCCCCl)c23)C1. The highest BCUT2D eigenvalue weighted by atomic mass is 35.5. The van der Waals surface area contributed by atoms with Gasteiger partial charge in [0, 0.05) is 42.7 Å². The normalized spacial score (nSPS) is 15.3. The summed E-state index contributed by atoms with van der Waals surface area (Å²) in [6.45, 7) is 0.512. The second kappa shape index (κ2) is 9.63. The number of ether oxygens (including phenoxy) is 2. The number of thiophene rings is 1. The van der Waals surface area contributed by atoms with Crippen LogP contribution in [0.2, 0.25) is 0 Å². The fraction of sp³-hybridized carbons (Fsp3) is 0.391. The molecule has 0 radical (unpaired) electrons. The van der Waals surface area contributed by atoms with Crippen LogP contribution < -0.4 is 10.1 Å². The zero-order chi connectivity index (χ0) is 23.7. The van der Waals surface area contributed by atoms with E-state index in [0.29, 0.717) is 24.7 Å². The lowest BCUT2D eigenvalue weighted by molar-refractivity contribution is 0.0685.